The van der Waals surface area contributed by atoms with Gasteiger partial charge in [-0.05, 0) is 12.2 Å². The highest BCUT2D eigenvalue weighted by molar-refractivity contribution is 7.99. The summed E-state index contributed by atoms with van der Waals surface area (Å²) in [4.78, 5) is 29.5. The summed E-state index contributed by atoms with van der Waals surface area (Å²) >= 11 is 3.17. The van der Waals surface area contributed by atoms with Gasteiger partial charge in [0.15, 0.2) is 0 Å². The van der Waals surface area contributed by atoms with Gasteiger partial charge in [0.2, 0.25) is 0 Å². The lowest BCUT2D eigenvalue weighted by Crippen LogP contribution is -2.46. The van der Waals surface area contributed by atoms with Crippen LogP contribution in [0.3, 0.4) is 0 Å². The van der Waals surface area contributed by atoms with Gasteiger partial charge in [-0.15, -0.1) is 11.3 Å². The lowest BCUT2D eigenvalue weighted by atomic mass is 9.99. The molecule has 1 N–H and O–H groups in total. The molecule has 2 aliphatic rings. The maximum Gasteiger partial charge on any atom is 0.325 e. The Balaban J connectivity index is 1.82. The largest absolute Gasteiger partial charge is 0.325 e. The van der Waals surface area contributed by atoms with Crippen LogP contribution in [0.2, 0.25) is 0 Å². The van der Waals surface area contributed by atoms with E-state index in [1.54, 1.807) is 18.0 Å². The Morgan fingerprint density at radius 1 is 1.53 bits per heavy atom. The van der Waals surface area contributed by atoms with Crippen LogP contribution in [0.1, 0.15) is 11.4 Å². The zero-order chi connectivity index (χ0) is 11.9. The Labute approximate surface area is 107 Å². The highest BCUT2D eigenvalue weighted by Crippen LogP contribution is 2.33. The molecule has 1 spiro atoms. The van der Waals surface area contributed by atoms with Crippen LogP contribution in [0.4, 0.5) is 4.79 Å². The van der Waals surface area contributed by atoms with Gasteiger partial charge in [-0.1, -0.05) is 0 Å². The molecule has 0 radical (unpaired) electrons. The molecule has 90 valence electrons. The number of imide groups is 1. The second-order valence-electron chi connectivity index (χ2n) is 4.13. The molecule has 7 heteroatoms. The third-order valence-corrected chi connectivity index (χ3v) is 5.00. The normalized spacial score (nSPS) is 28.1. The molecule has 1 aromatic rings. The molecule has 2 fully saturated rings. The minimum Gasteiger partial charge on any atom is -0.322 e. The summed E-state index contributed by atoms with van der Waals surface area (Å²) < 4.78 is 0. The van der Waals surface area contributed by atoms with Gasteiger partial charge in [-0.3, -0.25) is 9.69 Å². The first kappa shape index (κ1) is 11.0. The van der Waals surface area contributed by atoms with E-state index < -0.39 is 5.54 Å². The molecule has 17 heavy (non-hydrogen) atoms. The molecule has 1 atom stereocenters. The third-order valence-electron chi connectivity index (χ3n) is 3.04. The number of carbonyl (C=O) groups excluding carboxylic acids is 2. The Morgan fingerprint density at radius 2 is 2.41 bits per heavy atom. The van der Waals surface area contributed by atoms with E-state index in [0.717, 1.165) is 17.2 Å². The van der Waals surface area contributed by atoms with E-state index in [-0.39, 0.29) is 18.5 Å². The first-order valence-corrected chi connectivity index (χ1v) is 7.35. The van der Waals surface area contributed by atoms with Gasteiger partial charge >= 0.3 is 6.03 Å². The summed E-state index contributed by atoms with van der Waals surface area (Å²) in [5, 5.41) is 5.47. The predicted molar refractivity (Wildman–Crippen MR) is 65.9 cm³/mol. The fourth-order valence-electron chi connectivity index (χ4n) is 2.12. The number of thiazole rings is 1. The number of nitrogens with zero attached hydrogens (tertiary/aromatic N) is 2. The van der Waals surface area contributed by atoms with E-state index in [9.17, 15) is 9.59 Å². The molecular formula is C10H11N3O2S2. The molecule has 2 aliphatic heterocycles. The van der Waals surface area contributed by atoms with Crippen molar-refractivity contribution in [1.82, 2.24) is 15.2 Å². The van der Waals surface area contributed by atoms with Gasteiger partial charge in [0, 0.05) is 17.3 Å². The highest BCUT2D eigenvalue weighted by atomic mass is 32.2. The Hall–Kier alpha value is -1.08. The zero-order valence-electron chi connectivity index (χ0n) is 9.01. The van der Waals surface area contributed by atoms with Crippen molar-refractivity contribution in [3.8, 4) is 0 Å². The summed E-state index contributed by atoms with van der Waals surface area (Å²) in [7, 11) is 0. The van der Waals surface area contributed by atoms with E-state index in [0.29, 0.717) is 5.75 Å². The van der Waals surface area contributed by atoms with Crippen LogP contribution in [-0.4, -0.2) is 38.9 Å². The fraction of sp³-hybridized carbons (Fsp3) is 0.500. The number of rotatable bonds is 2. The monoisotopic (exact) mass is 269 g/mol. The van der Waals surface area contributed by atoms with Crippen LogP contribution in [0.15, 0.2) is 11.6 Å². The number of amides is 3. The van der Waals surface area contributed by atoms with Crippen molar-refractivity contribution in [2.45, 2.75) is 18.5 Å². The highest BCUT2D eigenvalue weighted by Gasteiger charge is 2.52. The van der Waals surface area contributed by atoms with E-state index >= 15 is 0 Å². The summed E-state index contributed by atoms with van der Waals surface area (Å²) in [6.45, 7) is 0.286. The number of urea groups is 1. The molecule has 0 aromatic carbocycles. The zero-order valence-corrected chi connectivity index (χ0v) is 10.6. The first-order chi connectivity index (χ1) is 8.21. The van der Waals surface area contributed by atoms with Gasteiger partial charge in [-0.25, -0.2) is 9.78 Å². The molecule has 1 aromatic heterocycles. The molecule has 0 bridgehead atoms. The van der Waals surface area contributed by atoms with Gasteiger partial charge in [0.25, 0.3) is 5.91 Å². The Kier molecular flexibility index (Phi) is 2.59. The smallest absolute Gasteiger partial charge is 0.322 e. The van der Waals surface area contributed by atoms with Crippen molar-refractivity contribution in [3.05, 3.63) is 16.6 Å². The minimum atomic E-state index is -0.640. The Bertz CT molecular complexity index is 454. The molecule has 3 rings (SSSR count). The first-order valence-electron chi connectivity index (χ1n) is 5.31. The molecule has 2 saturated heterocycles. The quantitative estimate of drug-likeness (QED) is 0.816. The lowest BCUT2D eigenvalue weighted by Gasteiger charge is -2.18. The van der Waals surface area contributed by atoms with E-state index in [2.05, 4.69) is 10.3 Å². The molecule has 0 unspecified atom stereocenters. The average Bonchev–Trinajstić information content (AvgIpc) is 2.99. The SMILES string of the molecule is O=C1N[C@]2(CCSC2)C(=O)N1Cc1nccs1. The second kappa shape index (κ2) is 3.99. The topological polar surface area (TPSA) is 62.3 Å². The van der Waals surface area contributed by atoms with Gasteiger partial charge < -0.3 is 5.32 Å². The summed E-state index contributed by atoms with van der Waals surface area (Å²) in [5.74, 6) is 1.52. The second-order valence-corrected chi connectivity index (χ2v) is 6.22. The lowest BCUT2D eigenvalue weighted by molar-refractivity contribution is -0.130. The number of nitrogens with one attached hydrogen (secondary N) is 1. The van der Waals surface area contributed by atoms with Crippen molar-refractivity contribution in [3.63, 3.8) is 0 Å². The van der Waals surface area contributed by atoms with E-state index in [1.807, 2.05) is 5.38 Å². The molecule has 0 aliphatic carbocycles. The minimum absolute atomic E-state index is 0.0947. The third kappa shape index (κ3) is 1.73. The van der Waals surface area contributed by atoms with Crippen molar-refractivity contribution in [2.75, 3.05) is 11.5 Å². The van der Waals surface area contributed by atoms with Crippen LogP contribution < -0.4 is 5.32 Å². The van der Waals surface area contributed by atoms with Gasteiger partial charge in [0.05, 0.1) is 6.54 Å². The number of hydrogen-bond donors (Lipinski definition) is 1. The van der Waals surface area contributed by atoms with E-state index in [1.165, 1.54) is 16.2 Å². The molecule has 3 heterocycles. The number of thioether (sulfide) groups is 1. The predicted octanol–water partition coefficient (Wildman–Crippen LogP) is 1.07. The van der Waals surface area contributed by atoms with Crippen molar-refractivity contribution in [2.24, 2.45) is 0 Å². The maximum absolute atomic E-state index is 12.3. The number of carbonyl (C=O) groups is 2. The molecule has 5 nitrogen and oxygen atoms in total. The number of hydrogen-bond acceptors (Lipinski definition) is 5. The van der Waals surface area contributed by atoms with Crippen LogP contribution in [0.5, 0.6) is 0 Å². The Morgan fingerprint density at radius 3 is 3.06 bits per heavy atom. The van der Waals surface area contributed by atoms with Gasteiger partial charge in [-0.2, -0.15) is 11.8 Å². The molecule has 0 saturated carbocycles. The fourth-order valence-corrected chi connectivity index (χ4v) is 4.05. The summed E-state index contributed by atoms with van der Waals surface area (Å²) in [5.41, 5.74) is -0.640. The van der Waals surface area contributed by atoms with Crippen molar-refractivity contribution >= 4 is 35.0 Å². The summed E-state index contributed by atoms with van der Waals surface area (Å²) in [6.07, 6.45) is 2.41. The molecular weight excluding hydrogens is 258 g/mol. The van der Waals surface area contributed by atoms with Crippen molar-refractivity contribution < 1.29 is 9.59 Å². The van der Waals surface area contributed by atoms with Crippen molar-refractivity contribution in [1.29, 1.82) is 0 Å². The van der Waals surface area contributed by atoms with Crippen LogP contribution in [0, 0.1) is 0 Å². The maximum atomic E-state index is 12.3. The molecule has 3 amide bonds. The standard InChI is InChI=1S/C10H11N3O2S2/c14-8-10(1-3-16-6-10)12-9(15)13(8)5-7-11-2-4-17-7/h2,4H,1,3,5-6H2,(H,12,15)/t10-/m0/s1. The summed E-state index contributed by atoms with van der Waals surface area (Å²) in [6, 6.07) is -0.285. The van der Waals surface area contributed by atoms with Gasteiger partial charge in [0.1, 0.15) is 10.5 Å². The van der Waals surface area contributed by atoms with E-state index in [4.69, 9.17) is 0 Å². The van der Waals surface area contributed by atoms with Crippen LogP contribution in [0.25, 0.3) is 0 Å². The van der Waals surface area contributed by atoms with Crippen LogP contribution >= 0.6 is 23.1 Å². The number of aromatic nitrogens is 1. The average molecular weight is 269 g/mol. The van der Waals surface area contributed by atoms with Crippen LogP contribution in [-0.2, 0) is 11.3 Å².